The highest BCUT2D eigenvalue weighted by Crippen LogP contribution is 2.39. The number of benzene rings is 1. The van der Waals surface area contributed by atoms with E-state index < -0.39 is 0 Å². The third-order valence-electron chi connectivity index (χ3n) is 6.39. The number of methoxy groups -OCH3 is 1. The van der Waals surface area contributed by atoms with Crippen LogP contribution in [0.25, 0.3) is 10.2 Å². The van der Waals surface area contributed by atoms with Gasteiger partial charge in [0.15, 0.2) is 0 Å². The number of carbonyl (C=O) groups is 1. The van der Waals surface area contributed by atoms with Crippen LogP contribution in [-0.2, 0) is 13.0 Å². The molecule has 1 aromatic carbocycles. The number of ether oxygens (including phenoxy) is 1. The highest BCUT2D eigenvalue weighted by molar-refractivity contribution is 7.20. The van der Waals surface area contributed by atoms with E-state index in [0.29, 0.717) is 27.6 Å². The van der Waals surface area contributed by atoms with Crippen LogP contribution in [0, 0.1) is 12.8 Å². The van der Waals surface area contributed by atoms with Gasteiger partial charge in [0.05, 0.1) is 17.4 Å². The van der Waals surface area contributed by atoms with E-state index in [1.807, 2.05) is 36.1 Å². The summed E-state index contributed by atoms with van der Waals surface area (Å²) in [5, 5.41) is 0.600. The summed E-state index contributed by atoms with van der Waals surface area (Å²) >= 11 is 1.35. The molecule has 2 aromatic heterocycles. The molecule has 1 aliphatic heterocycles. The largest absolute Gasteiger partial charge is 0.497 e. The molecule has 30 heavy (non-hydrogen) atoms. The zero-order valence-corrected chi connectivity index (χ0v) is 18.3. The Morgan fingerprint density at radius 1 is 1.30 bits per heavy atom. The second-order valence-corrected chi connectivity index (χ2v) is 9.27. The molecular weight excluding hydrogens is 398 g/mol. The van der Waals surface area contributed by atoms with Gasteiger partial charge >= 0.3 is 0 Å². The van der Waals surface area contributed by atoms with Crippen LogP contribution in [0.5, 0.6) is 5.75 Å². The molecule has 6 nitrogen and oxygen atoms in total. The first kappa shape index (κ1) is 19.3. The standard InChI is InChI=1S/C23H25N3O3S/c1-13-19-21(24-18-5-4-12-25(18)22(19)27)30-20(13)23(28)26(14(2)15-6-7-15)16-8-10-17(29-3)11-9-16/h8-11,14-15H,4-7,12H2,1-3H3. The zero-order valence-electron chi connectivity index (χ0n) is 17.5. The Hall–Kier alpha value is -2.67. The van der Waals surface area contributed by atoms with E-state index >= 15 is 0 Å². The number of anilines is 1. The maximum absolute atomic E-state index is 13.8. The zero-order chi connectivity index (χ0) is 21.0. The van der Waals surface area contributed by atoms with Gasteiger partial charge in [0.25, 0.3) is 11.5 Å². The van der Waals surface area contributed by atoms with E-state index in [2.05, 4.69) is 6.92 Å². The van der Waals surface area contributed by atoms with Crippen molar-refractivity contribution >= 4 is 33.1 Å². The molecule has 0 bridgehead atoms. The molecule has 3 heterocycles. The van der Waals surface area contributed by atoms with Gasteiger partial charge in [0.1, 0.15) is 16.4 Å². The highest BCUT2D eigenvalue weighted by atomic mass is 32.1. The number of thiophene rings is 1. The fourth-order valence-corrected chi connectivity index (χ4v) is 5.59. The average molecular weight is 424 g/mol. The molecule has 0 radical (unpaired) electrons. The molecule has 0 spiro atoms. The van der Waals surface area contributed by atoms with Gasteiger partial charge in [-0.1, -0.05) is 0 Å². The van der Waals surface area contributed by atoms with Crippen LogP contribution in [0.4, 0.5) is 5.69 Å². The van der Waals surface area contributed by atoms with Gasteiger partial charge < -0.3 is 9.64 Å². The monoisotopic (exact) mass is 423 g/mol. The summed E-state index contributed by atoms with van der Waals surface area (Å²) in [5.74, 6) is 2.06. The first-order valence-corrected chi connectivity index (χ1v) is 11.3. The lowest BCUT2D eigenvalue weighted by atomic mass is 10.1. The number of nitrogens with zero attached hydrogens (tertiary/aromatic N) is 3. The van der Waals surface area contributed by atoms with Crippen molar-refractivity contribution in [3.05, 3.63) is 50.9 Å². The van der Waals surface area contributed by atoms with Gasteiger partial charge in [0, 0.05) is 24.7 Å². The number of carbonyl (C=O) groups excluding carboxylic acids is 1. The van der Waals surface area contributed by atoms with Crippen LogP contribution in [0.1, 0.15) is 47.2 Å². The molecular formula is C23H25N3O3S. The second-order valence-electron chi connectivity index (χ2n) is 8.28. The summed E-state index contributed by atoms with van der Waals surface area (Å²) in [6.45, 7) is 4.71. The summed E-state index contributed by atoms with van der Waals surface area (Å²) in [4.78, 5) is 34.7. The third kappa shape index (κ3) is 3.03. The molecule has 1 saturated carbocycles. The van der Waals surface area contributed by atoms with E-state index in [9.17, 15) is 9.59 Å². The predicted molar refractivity (Wildman–Crippen MR) is 119 cm³/mol. The summed E-state index contributed by atoms with van der Waals surface area (Å²) in [7, 11) is 1.63. The molecule has 1 unspecified atom stereocenters. The van der Waals surface area contributed by atoms with E-state index in [4.69, 9.17) is 9.72 Å². The van der Waals surface area contributed by atoms with E-state index in [1.54, 1.807) is 11.7 Å². The lowest BCUT2D eigenvalue weighted by Crippen LogP contribution is -2.40. The number of hydrogen-bond acceptors (Lipinski definition) is 5. The van der Waals surface area contributed by atoms with Gasteiger partial charge in [-0.2, -0.15) is 0 Å². The molecule has 0 N–H and O–H groups in total. The van der Waals surface area contributed by atoms with Gasteiger partial charge in [-0.25, -0.2) is 4.98 Å². The molecule has 2 aliphatic rings. The minimum absolute atomic E-state index is 0.00783. The van der Waals surface area contributed by atoms with Crippen molar-refractivity contribution in [3.8, 4) is 5.75 Å². The Morgan fingerprint density at radius 2 is 2.03 bits per heavy atom. The molecule has 0 saturated heterocycles. The number of fused-ring (bicyclic) bond motifs is 2. The number of aromatic nitrogens is 2. The van der Waals surface area contributed by atoms with Gasteiger partial charge in [-0.3, -0.25) is 14.2 Å². The lowest BCUT2D eigenvalue weighted by molar-refractivity contribution is 0.0979. The Morgan fingerprint density at radius 3 is 2.70 bits per heavy atom. The van der Waals surface area contributed by atoms with Crippen molar-refractivity contribution in [2.24, 2.45) is 5.92 Å². The Labute approximate surface area is 179 Å². The van der Waals surface area contributed by atoms with Crippen LogP contribution in [-0.4, -0.2) is 28.6 Å². The molecule has 1 aliphatic carbocycles. The number of amides is 1. The topological polar surface area (TPSA) is 64.4 Å². The van der Waals surface area contributed by atoms with E-state index in [1.165, 1.54) is 11.3 Å². The Kier molecular flexibility index (Phi) is 4.65. The highest BCUT2D eigenvalue weighted by Gasteiger charge is 2.37. The number of rotatable bonds is 5. The second kappa shape index (κ2) is 7.23. The van der Waals surface area contributed by atoms with Crippen molar-refractivity contribution in [2.75, 3.05) is 12.0 Å². The van der Waals surface area contributed by atoms with Crippen molar-refractivity contribution in [3.63, 3.8) is 0 Å². The molecule has 1 atom stereocenters. The Bertz CT molecular complexity index is 1190. The smallest absolute Gasteiger partial charge is 0.268 e. The van der Waals surface area contributed by atoms with Crippen LogP contribution >= 0.6 is 11.3 Å². The van der Waals surface area contributed by atoms with Crippen molar-refractivity contribution in [1.29, 1.82) is 0 Å². The third-order valence-corrected chi connectivity index (χ3v) is 7.56. The predicted octanol–water partition coefficient (Wildman–Crippen LogP) is 4.17. The van der Waals surface area contributed by atoms with E-state index in [-0.39, 0.29) is 17.5 Å². The summed E-state index contributed by atoms with van der Waals surface area (Å²) in [6.07, 6.45) is 4.06. The van der Waals surface area contributed by atoms with E-state index in [0.717, 1.165) is 48.5 Å². The quantitative estimate of drug-likeness (QED) is 0.618. The van der Waals surface area contributed by atoms with Crippen LogP contribution < -0.4 is 15.2 Å². The van der Waals surface area contributed by atoms with Gasteiger partial charge in [-0.05, 0) is 68.9 Å². The normalized spacial score (nSPS) is 16.5. The maximum atomic E-state index is 13.8. The lowest BCUT2D eigenvalue weighted by Gasteiger charge is -2.29. The van der Waals surface area contributed by atoms with Crippen molar-refractivity contribution < 1.29 is 9.53 Å². The Balaban J connectivity index is 1.61. The van der Waals surface area contributed by atoms with Gasteiger partial charge in [0.2, 0.25) is 0 Å². The van der Waals surface area contributed by atoms with Crippen LogP contribution in [0.2, 0.25) is 0 Å². The molecule has 5 rings (SSSR count). The molecule has 3 aromatic rings. The van der Waals surface area contributed by atoms with Crippen LogP contribution in [0.15, 0.2) is 29.1 Å². The SMILES string of the molecule is COc1ccc(N(C(=O)c2sc3nc4n(c(=O)c3c2C)CCC4)C(C)C2CC2)cc1. The average Bonchev–Trinajstić information content (AvgIpc) is 3.40. The van der Waals surface area contributed by atoms with Crippen molar-refractivity contribution in [1.82, 2.24) is 9.55 Å². The first-order valence-electron chi connectivity index (χ1n) is 10.5. The minimum Gasteiger partial charge on any atom is -0.497 e. The van der Waals surface area contributed by atoms with Crippen LogP contribution in [0.3, 0.4) is 0 Å². The number of aryl methyl sites for hydroxylation is 2. The fraction of sp³-hybridized carbons (Fsp3) is 0.435. The fourth-order valence-electron chi connectivity index (χ4n) is 4.46. The summed E-state index contributed by atoms with van der Waals surface area (Å²) in [5.41, 5.74) is 1.59. The summed E-state index contributed by atoms with van der Waals surface area (Å²) in [6, 6.07) is 7.71. The molecule has 1 fully saturated rings. The molecule has 156 valence electrons. The summed E-state index contributed by atoms with van der Waals surface area (Å²) < 4.78 is 7.05. The minimum atomic E-state index is -0.0513. The van der Waals surface area contributed by atoms with Gasteiger partial charge in [-0.15, -0.1) is 11.3 Å². The molecule has 7 heteroatoms. The first-order chi connectivity index (χ1) is 14.5. The maximum Gasteiger partial charge on any atom is 0.268 e. The number of hydrogen-bond donors (Lipinski definition) is 0. The van der Waals surface area contributed by atoms with Crippen molar-refractivity contribution in [2.45, 2.75) is 52.1 Å². The molecule has 1 amide bonds.